The molecule has 1 N–H and O–H groups in total. The summed E-state index contributed by atoms with van der Waals surface area (Å²) in [5, 5.41) is 3.61. The van der Waals surface area contributed by atoms with Gasteiger partial charge in [0.15, 0.2) is 0 Å². The van der Waals surface area contributed by atoms with E-state index >= 15 is 0 Å². The minimum Gasteiger partial charge on any atom is -0.313 e. The molecule has 0 radical (unpaired) electrons. The minimum atomic E-state index is 0.564. The van der Waals surface area contributed by atoms with E-state index in [2.05, 4.69) is 36.6 Å². The highest BCUT2D eigenvalue weighted by molar-refractivity contribution is 5.29. The predicted octanol–water partition coefficient (Wildman–Crippen LogP) is 5.04. The molecule has 3 aliphatic carbocycles. The van der Waals surface area contributed by atoms with Gasteiger partial charge in [0.1, 0.15) is 0 Å². The molecule has 1 aromatic carbocycles. The fraction of sp³-hybridized carbons (Fsp3) is 0.700. The second-order valence-electron chi connectivity index (χ2n) is 7.81. The van der Waals surface area contributed by atoms with Crippen molar-refractivity contribution in [3.8, 4) is 0 Å². The average Bonchev–Trinajstić information content (AvgIpc) is 3.05. The van der Waals surface area contributed by atoms with Gasteiger partial charge in [-0.1, -0.05) is 37.1 Å². The molecule has 21 heavy (non-hydrogen) atoms. The Balaban J connectivity index is 1.47. The monoisotopic (exact) mass is 283 g/mol. The Kier molecular flexibility index (Phi) is 3.79. The zero-order valence-electron chi connectivity index (χ0n) is 13.4. The summed E-state index contributed by atoms with van der Waals surface area (Å²) in [6, 6.07) is 10.0. The highest BCUT2D eigenvalue weighted by Gasteiger charge is 2.40. The Morgan fingerprint density at radius 3 is 2.67 bits per heavy atom. The molecule has 3 fully saturated rings. The van der Waals surface area contributed by atoms with Crippen molar-refractivity contribution < 1.29 is 0 Å². The third kappa shape index (κ3) is 2.65. The lowest BCUT2D eigenvalue weighted by Crippen LogP contribution is -2.23. The number of benzene rings is 1. The molecule has 114 valence electrons. The van der Waals surface area contributed by atoms with E-state index in [4.69, 9.17) is 0 Å². The van der Waals surface area contributed by atoms with E-state index in [1.807, 2.05) is 0 Å². The average molecular weight is 283 g/mol. The molecule has 4 atom stereocenters. The molecule has 1 aromatic rings. The van der Waals surface area contributed by atoms with Crippen molar-refractivity contribution in [1.29, 1.82) is 0 Å². The standard InChI is InChI=1S/C20H29N/c1-21-20(13-19-11-14-8-9-17(19)10-14)18-7-3-6-16(12-18)15-4-2-5-15/h3,6-7,12,14-15,17,19-21H,2,4-5,8-11,13H2,1H3. The molecule has 4 unspecified atom stereocenters. The van der Waals surface area contributed by atoms with Crippen molar-refractivity contribution in [2.45, 2.75) is 63.3 Å². The van der Waals surface area contributed by atoms with Crippen molar-refractivity contribution in [1.82, 2.24) is 5.32 Å². The Hall–Kier alpha value is -0.820. The molecule has 0 spiro atoms. The van der Waals surface area contributed by atoms with Gasteiger partial charge in [0.05, 0.1) is 0 Å². The number of hydrogen-bond acceptors (Lipinski definition) is 1. The normalized spacial score (nSPS) is 33.1. The molecule has 1 heteroatoms. The SMILES string of the molecule is CNC(CC1CC2CCC1C2)c1cccc(C2CCC2)c1. The Morgan fingerprint density at radius 1 is 1.14 bits per heavy atom. The summed E-state index contributed by atoms with van der Waals surface area (Å²) in [6.45, 7) is 0. The van der Waals surface area contributed by atoms with Crippen LogP contribution in [0.1, 0.15) is 74.5 Å². The highest BCUT2D eigenvalue weighted by atomic mass is 14.9. The van der Waals surface area contributed by atoms with Crippen molar-refractivity contribution in [2.75, 3.05) is 7.05 Å². The molecule has 0 saturated heterocycles. The van der Waals surface area contributed by atoms with Gasteiger partial charge in [0.2, 0.25) is 0 Å². The Bertz CT molecular complexity index is 490. The smallest absolute Gasteiger partial charge is 0.0320 e. The van der Waals surface area contributed by atoms with E-state index in [0.29, 0.717) is 6.04 Å². The third-order valence-corrected chi connectivity index (χ3v) is 6.66. The molecular weight excluding hydrogens is 254 g/mol. The summed E-state index contributed by atoms with van der Waals surface area (Å²) in [7, 11) is 2.15. The van der Waals surface area contributed by atoms with E-state index < -0.39 is 0 Å². The summed E-state index contributed by atoms with van der Waals surface area (Å²) < 4.78 is 0. The van der Waals surface area contributed by atoms with Crippen LogP contribution >= 0.6 is 0 Å². The van der Waals surface area contributed by atoms with Crippen LogP contribution in [0.2, 0.25) is 0 Å². The van der Waals surface area contributed by atoms with Gasteiger partial charge >= 0.3 is 0 Å². The first-order chi connectivity index (χ1) is 10.3. The van der Waals surface area contributed by atoms with Crippen LogP contribution in [-0.4, -0.2) is 7.05 Å². The van der Waals surface area contributed by atoms with Crippen molar-refractivity contribution in [3.05, 3.63) is 35.4 Å². The van der Waals surface area contributed by atoms with Crippen LogP contribution in [0, 0.1) is 17.8 Å². The summed E-state index contributed by atoms with van der Waals surface area (Å²) in [4.78, 5) is 0. The molecule has 0 aliphatic heterocycles. The van der Waals surface area contributed by atoms with E-state index in [1.54, 1.807) is 5.56 Å². The molecule has 1 nitrogen and oxygen atoms in total. The van der Waals surface area contributed by atoms with E-state index in [-0.39, 0.29) is 0 Å². The molecule has 0 amide bonds. The molecule has 2 bridgehead atoms. The molecule has 0 heterocycles. The maximum Gasteiger partial charge on any atom is 0.0320 e. The first-order valence-corrected chi connectivity index (χ1v) is 9.10. The fourth-order valence-corrected chi connectivity index (χ4v) is 5.16. The Morgan fingerprint density at radius 2 is 2.05 bits per heavy atom. The molecule has 0 aromatic heterocycles. The minimum absolute atomic E-state index is 0.564. The van der Waals surface area contributed by atoms with Crippen LogP contribution in [0.25, 0.3) is 0 Å². The zero-order chi connectivity index (χ0) is 14.2. The largest absolute Gasteiger partial charge is 0.313 e. The second-order valence-corrected chi connectivity index (χ2v) is 7.81. The summed E-state index contributed by atoms with van der Waals surface area (Å²) in [5.41, 5.74) is 3.12. The summed E-state index contributed by atoms with van der Waals surface area (Å²) in [5.74, 6) is 3.94. The molecular formula is C20H29N. The lowest BCUT2D eigenvalue weighted by atomic mass is 9.78. The lowest BCUT2D eigenvalue weighted by molar-refractivity contribution is 0.284. The summed E-state index contributed by atoms with van der Waals surface area (Å²) in [6.07, 6.45) is 11.6. The van der Waals surface area contributed by atoms with Gasteiger partial charge in [-0.15, -0.1) is 0 Å². The number of hydrogen-bond donors (Lipinski definition) is 1. The third-order valence-electron chi connectivity index (χ3n) is 6.66. The van der Waals surface area contributed by atoms with Crippen LogP contribution in [-0.2, 0) is 0 Å². The van der Waals surface area contributed by atoms with Crippen LogP contribution in [0.4, 0.5) is 0 Å². The fourth-order valence-electron chi connectivity index (χ4n) is 5.16. The van der Waals surface area contributed by atoms with Crippen LogP contribution in [0.3, 0.4) is 0 Å². The maximum absolute atomic E-state index is 3.61. The number of fused-ring (bicyclic) bond motifs is 2. The first-order valence-electron chi connectivity index (χ1n) is 9.10. The van der Waals surface area contributed by atoms with Crippen LogP contribution < -0.4 is 5.32 Å². The van der Waals surface area contributed by atoms with E-state index in [0.717, 1.165) is 23.7 Å². The predicted molar refractivity (Wildman–Crippen MR) is 88.4 cm³/mol. The van der Waals surface area contributed by atoms with Crippen molar-refractivity contribution in [2.24, 2.45) is 17.8 Å². The number of rotatable bonds is 5. The van der Waals surface area contributed by atoms with E-state index in [9.17, 15) is 0 Å². The first kappa shape index (κ1) is 13.8. The van der Waals surface area contributed by atoms with Crippen molar-refractivity contribution >= 4 is 0 Å². The van der Waals surface area contributed by atoms with Gasteiger partial charge in [0, 0.05) is 6.04 Å². The number of nitrogens with one attached hydrogen (secondary N) is 1. The van der Waals surface area contributed by atoms with Gasteiger partial charge in [-0.25, -0.2) is 0 Å². The lowest BCUT2D eigenvalue weighted by Gasteiger charge is -2.29. The quantitative estimate of drug-likeness (QED) is 0.798. The van der Waals surface area contributed by atoms with Crippen LogP contribution in [0.15, 0.2) is 24.3 Å². The van der Waals surface area contributed by atoms with Crippen molar-refractivity contribution in [3.63, 3.8) is 0 Å². The molecule has 3 saturated carbocycles. The maximum atomic E-state index is 3.61. The van der Waals surface area contributed by atoms with Gasteiger partial charge < -0.3 is 5.32 Å². The molecule has 4 rings (SSSR count). The summed E-state index contributed by atoms with van der Waals surface area (Å²) >= 11 is 0. The topological polar surface area (TPSA) is 12.0 Å². The van der Waals surface area contributed by atoms with E-state index in [1.165, 1.54) is 56.9 Å². The van der Waals surface area contributed by atoms with Gasteiger partial charge in [-0.3, -0.25) is 0 Å². The van der Waals surface area contributed by atoms with Gasteiger partial charge in [-0.05, 0) is 80.4 Å². The Labute approximate surface area is 129 Å². The second kappa shape index (κ2) is 5.76. The zero-order valence-corrected chi connectivity index (χ0v) is 13.4. The van der Waals surface area contributed by atoms with Gasteiger partial charge in [-0.2, -0.15) is 0 Å². The highest BCUT2D eigenvalue weighted by Crippen LogP contribution is 2.51. The molecule has 3 aliphatic rings. The van der Waals surface area contributed by atoms with Crippen LogP contribution in [0.5, 0.6) is 0 Å². The van der Waals surface area contributed by atoms with Gasteiger partial charge in [0.25, 0.3) is 0 Å².